The van der Waals surface area contributed by atoms with Gasteiger partial charge in [0.15, 0.2) is 0 Å². The Hall–Kier alpha value is -1.36. The van der Waals surface area contributed by atoms with Crippen molar-refractivity contribution >= 4 is 6.09 Å². The predicted molar refractivity (Wildman–Crippen MR) is 50.3 cm³/mol. The highest BCUT2D eigenvalue weighted by molar-refractivity contribution is 5.69. The quantitative estimate of drug-likeness (QED) is 0.794. The van der Waals surface area contributed by atoms with E-state index in [2.05, 4.69) is 4.74 Å². The lowest BCUT2D eigenvalue weighted by atomic mass is 9.97. The molecule has 1 N–H and O–H groups in total. The van der Waals surface area contributed by atoms with Crippen LogP contribution in [-0.4, -0.2) is 36.3 Å². The number of nitrogens with one attached hydrogen (secondary N) is 1. The van der Waals surface area contributed by atoms with E-state index in [1.165, 1.54) is 6.92 Å². The molecule has 0 bridgehead atoms. The van der Waals surface area contributed by atoms with E-state index in [9.17, 15) is 44.3 Å². The van der Waals surface area contributed by atoms with Crippen molar-refractivity contribution in [2.45, 2.75) is 50.4 Å². The molecule has 0 unspecified atom stereocenters. The summed E-state index contributed by atoms with van der Waals surface area (Å²) in [5.74, 6) is 0. The number of halogens is 9. The van der Waals surface area contributed by atoms with Crippen molar-refractivity contribution in [3.05, 3.63) is 0 Å². The SMILES string of the molecule is CC[C@H](C)OC(=O)NC(C(F)(F)F)(C(F)(F)F)C(F)(F)F. The molecule has 0 fully saturated rings. The molecule has 1 amide bonds. The normalized spacial score (nSPS) is 15.6. The third kappa shape index (κ3) is 3.84. The summed E-state index contributed by atoms with van der Waals surface area (Å²) in [6.07, 6.45) is -24.3. The Balaban J connectivity index is 5.79. The standard InChI is InChI=1S/C9H10F9NO2/c1-3-4(2)21-5(20)19-6(7(10,11)12,8(13,14)15)9(16,17)18/h4H,3H2,1-2H3,(H,19,20)/t4-/m0/s1. The number of amides is 1. The summed E-state index contributed by atoms with van der Waals surface area (Å²) in [7, 11) is 0. The zero-order chi connectivity index (χ0) is 17.3. The summed E-state index contributed by atoms with van der Waals surface area (Å²) in [5, 5.41) is -0.121. The summed E-state index contributed by atoms with van der Waals surface area (Å²) in [6, 6.07) is 0. The molecule has 0 heterocycles. The van der Waals surface area contributed by atoms with Crippen LogP contribution >= 0.6 is 0 Å². The summed E-state index contributed by atoms with van der Waals surface area (Å²) in [4.78, 5) is 10.9. The van der Waals surface area contributed by atoms with Crippen molar-refractivity contribution < 1.29 is 49.0 Å². The second-order valence-electron chi connectivity index (χ2n) is 3.99. The molecule has 12 heteroatoms. The van der Waals surface area contributed by atoms with E-state index < -0.39 is 36.3 Å². The molecule has 0 rings (SSSR count). The average molecular weight is 335 g/mol. The molecule has 0 radical (unpaired) electrons. The first kappa shape index (κ1) is 19.6. The fourth-order valence-electron chi connectivity index (χ4n) is 1.14. The number of rotatable bonds is 3. The Labute approximate surface area is 112 Å². The number of alkyl halides is 9. The van der Waals surface area contributed by atoms with E-state index in [1.54, 1.807) is 0 Å². The predicted octanol–water partition coefficient (Wildman–Crippen LogP) is 3.94. The summed E-state index contributed by atoms with van der Waals surface area (Å²) < 4.78 is 116. The van der Waals surface area contributed by atoms with Crippen LogP contribution in [0, 0.1) is 0 Å². The minimum absolute atomic E-state index is 0.0233. The van der Waals surface area contributed by atoms with Crippen molar-refractivity contribution in [1.29, 1.82) is 0 Å². The number of hydrogen-bond donors (Lipinski definition) is 1. The van der Waals surface area contributed by atoms with Crippen molar-refractivity contribution in [3.63, 3.8) is 0 Å². The molecule has 0 saturated heterocycles. The fourth-order valence-corrected chi connectivity index (χ4v) is 1.14. The second kappa shape index (κ2) is 5.79. The number of carbonyl (C=O) groups is 1. The van der Waals surface area contributed by atoms with Crippen molar-refractivity contribution in [3.8, 4) is 0 Å². The van der Waals surface area contributed by atoms with E-state index in [-0.39, 0.29) is 11.7 Å². The van der Waals surface area contributed by atoms with E-state index in [4.69, 9.17) is 0 Å². The van der Waals surface area contributed by atoms with Crippen LogP contribution in [0.5, 0.6) is 0 Å². The lowest BCUT2D eigenvalue weighted by molar-refractivity contribution is -0.387. The summed E-state index contributed by atoms with van der Waals surface area (Å²) in [5.41, 5.74) is -6.41. The van der Waals surface area contributed by atoms with E-state index in [1.807, 2.05) is 0 Å². The zero-order valence-corrected chi connectivity index (χ0v) is 10.5. The molecular weight excluding hydrogens is 325 g/mol. The van der Waals surface area contributed by atoms with Crippen LogP contribution in [0.25, 0.3) is 0 Å². The van der Waals surface area contributed by atoms with Crippen LogP contribution in [0.15, 0.2) is 0 Å². The first-order valence-electron chi connectivity index (χ1n) is 5.29. The van der Waals surface area contributed by atoms with Gasteiger partial charge in [0.1, 0.15) is 6.10 Å². The summed E-state index contributed by atoms with van der Waals surface area (Å²) >= 11 is 0. The van der Waals surface area contributed by atoms with Crippen molar-refractivity contribution in [2.24, 2.45) is 0 Å². The largest absolute Gasteiger partial charge is 0.447 e. The van der Waals surface area contributed by atoms with Gasteiger partial charge in [0.05, 0.1) is 0 Å². The van der Waals surface area contributed by atoms with Gasteiger partial charge in [0, 0.05) is 0 Å². The Morgan fingerprint density at radius 1 is 0.952 bits per heavy atom. The maximum atomic E-state index is 12.4. The van der Waals surface area contributed by atoms with Crippen LogP contribution in [0.1, 0.15) is 20.3 Å². The van der Waals surface area contributed by atoms with Crippen molar-refractivity contribution in [1.82, 2.24) is 5.32 Å². The van der Waals surface area contributed by atoms with Gasteiger partial charge in [-0.05, 0) is 13.3 Å². The van der Waals surface area contributed by atoms with Crippen molar-refractivity contribution in [2.75, 3.05) is 0 Å². The molecule has 0 aliphatic heterocycles. The molecule has 21 heavy (non-hydrogen) atoms. The Kier molecular flexibility index (Phi) is 5.42. The third-order valence-corrected chi connectivity index (χ3v) is 2.45. The Morgan fingerprint density at radius 2 is 1.29 bits per heavy atom. The minimum Gasteiger partial charge on any atom is -0.447 e. The third-order valence-electron chi connectivity index (χ3n) is 2.45. The first-order chi connectivity index (χ1) is 9.10. The van der Waals surface area contributed by atoms with Crippen LogP contribution in [0.2, 0.25) is 0 Å². The number of alkyl carbamates (subject to hydrolysis) is 1. The second-order valence-corrected chi connectivity index (χ2v) is 3.99. The number of ether oxygens (including phenoxy) is 1. The monoisotopic (exact) mass is 335 g/mol. The lowest BCUT2D eigenvalue weighted by Gasteiger charge is -2.38. The van der Waals surface area contributed by atoms with Gasteiger partial charge in [-0.25, -0.2) is 4.79 Å². The van der Waals surface area contributed by atoms with Gasteiger partial charge in [-0.3, -0.25) is 5.32 Å². The highest BCUT2D eigenvalue weighted by atomic mass is 19.4. The van der Waals surface area contributed by atoms with Gasteiger partial charge < -0.3 is 4.74 Å². The van der Waals surface area contributed by atoms with E-state index in [0.29, 0.717) is 0 Å². The molecule has 0 aromatic carbocycles. The highest BCUT2D eigenvalue weighted by Gasteiger charge is 2.85. The van der Waals surface area contributed by atoms with Gasteiger partial charge in [0.25, 0.3) is 0 Å². The Morgan fingerprint density at radius 3 is 1.52 bits per heavy atom. The average Bonchev–Trinajstić information content (AvgIpc) is 2.20. The molecule has 0 aliphatic carbocycles. The fraction of sp³-hybridized carbons (Fsp3) is 0.889. The van der Waals surface area contributed by atoms with E-state index in [0.717, 1.165) is 6.92 Å². The van der Waals surface area contributed by atoms with Gasteiger partial charge in [-0.2, -0.15) is 39.5 Å². The van der Waals surface area contributed by atoms with Gasteiger partial charge >= 0.3 is 30.2 Å². The van der Waals surface area contributed by atoms with Crippen LogP contribution in [0.4, 0.5) is 44.3 Å². The highest BCUT2D eigenvalue weighted by Crippen LogP contribution is 2.52. The van der Waals surface area contributed by atoms with Gasteiger partial charge in [-0.1, -0.05) is 6.92 Å². The summed E-state index contributed by atoms with van der Waals surface area (Å²) in [6.45, 7) is 2.43. The molecule has 0 aromatic rings. The Bertz CT molecular complexity index is 335. The molecular formula is C9H10F9NO2. The van der Waals surface area contributed by atoms with Crippen LogP contribution < -0.4 is 5.32 Å². The first-order valence-corrected chi connectivity index (χ1v) is 5.29. The van der Waals surface area contributed by atoms with Crippen LogP contribution in [0.3, 0.4) is 0 Å². The minimum atomic E-state index is -6.86. The molecule has 1 atom stereocenters. The van der Waals surface area contributed by atoms with E-state index >= 15 is 0 Å². The molecule has 3 nitrogen and oxygen atoms in total. The maximum absolute atomic E-state index is 12.4. The number of carbonyl (C=O) groups excluding carboxylic acids is 1. The van der Waals surface area contributed by atoms with Gasteiger partial charge in [0.2, 0.25) is 0 Å². The molecule has 0 aliphatic rings. The molecule has 0 saturated carbocycles. The van der Waals surface area contributed by atoms with Crippen LogP contribution in [-0.2, 0) is 4.74 Å². The molecule has 0 spiro atoms. The topological polar surface area (TPSA) is 38.3 Å². The molecule has 0 aromatic heterocycles. The smallest absolute Gasteiger partial charge is 0.429 e. The number of hydrogen-bond acceptors (Lipinski definition) is 2. The lowest BCUT2D eigenvalue weighted by Crippen LogP contribution is -2.75. The zero-order valence-electron chi connectivity index (χ0n) is 10.5. The molecule has 126 valence electrons. The maximum Gasteiger partial charge on any atom is 0.429 e. The van der Waals surface area contributed by atoms with Gasteiger partial charge in [-0.15, -0.1) is 0 Å².